The molecule has 3 aromatic heterocycles. The summed E-state index contributed by atoms with van der Waals surface area (Å²) in [5.74, 6) is 1.48. The van der Waals surface area contributed by atoms with E-state index in [1.165, 1.54) is 5.56 Å². The highest BCUT2D eigenvalue weighted by Gasteiger charge is 2.23. The molecule has 0 bridgehead atoms. The third-order valence-corrected chi connectivity index (χ3v) is 5.18. The monoisotopic (exact) mass is 402 g/mol. The molecule has 0 atom stereocenters. The molecule has 9 heteroatoms. The van der Waals surface area contributed by atoms with Gasteiger partial charge < -0.3 is 10.2 Å². The molecule has 0 unspecified atom stereocenters. The molecule has 0 spiro atoms. The van der Waals surface area contributed by atoms with Crippen LogP contribution in [0.3, 0.4) is 0 Å². The summed E-state index contributed by atoms with van der Waals surface area (Å²) in [6.45, 7) is 5.04. The fourth-order valence-corrected chi connectivity index (χ4v) is 3.59. The summed E-state index contributed by atoms with van der Waals surface area (Å²) in [5, 5.41) is 11.1. The molecule has 0 aliphatic carbocycles. The van der Waals surface area contributed by atoms with Crippen LogP contribution in [0.25, 0.3) is 11.3 Å². The van der Waals surface area contributed by atoms with Gasteiger partial charge >= 0.3 is 0 Å². The Hall–Kier alpha value is -3.59. The van der Waals surface area contributed by atoms with E-state index in [0.717, 1.165) is 44.2 Å². The Bertz CT molecular complexity index is 1090. The van der Waals surface area contributed by atoms with Gasteiger partial charge in [0.05, 0.1) is 5.69 Å². The van der Waals surface area contributed by atoms with Crippen LogP contribution in [0.2, 0.25) is 0 Å². The van der Waals surface area contributed by atoms with Crippen molar-refractivity contribution in [2.24, 2.45) is 0 Å². The van der Waals surface area contributed by atoms with Gasteiger partial charge in [-0.1, -0.05) is 36.4 Å². The average Bonchev–Trinajstić information content (AvgIpc) is 3.26. The molecule has 1 aliphatic rings. The molecule has 0 amide bonds. The lowest BCUT2D eigenvalue weighted by Gasteiger charge is -2.35. The van der Waals surface area contributed by atoms with Gasteiger partial charge in [0.1, 0.15) is 0 Å². The number of hydrogen-bond donors (Lipinski definition) is 1. The number of pyridine rings is 1. The van der Waals surface area contributed by atoms with Gasteiger partial charge in [0.15, 0.2) is 11.6 Å². The minimum atomic E-state index is 0.406. The minimum Gasteiger partial charge on any atom is -0.363 e. The summed E-state index contributed by atoms with van der Waals surface area (Å²) in [7, 11) is 0. The standard InChI is InChI=1S/C21H22N8O/c1-2-6-16(7-3-1)14-23-20-21(25-19-18(24-20)26-30-27-19)29-12-10-28(11-13-29)15-17-8-4-5-9-22-17/h1-9H,10-15H2,(H,23,24,26). The molecule has 9 nitrogen and oxygen atoms in total. The second kappa shape index (κ2) is 8.42. The summed E-state index contributed by atoms with van der Waals surface area (Å²) < 4.78 is 4.82. The van der Waals surface area contributed by atoms with Crippen LogP contribution in [0, 0.1) is 0 Å². The number of aromatic nitrogens is 5. The number of rotatable bonds is 6. The van der Waals surface area contributed by atoms with E-state index in [1.54, 1.807) is 0 Å². The van der Waals surface area contributed by atoms with Crippen molar-refractivity contribution < 1.29 is 4.63 Å². The predicted molar refractivity (Wildman–Crippen MR) is 113 cm³/mol. The molecule has 0 saturated carbocycles. The molecule has 5 rings (SSSR count). The molecule has 1 saturated heterocycles. The van der Waals surface area contributed by atoms with Crippen molar-refractivity contribution in [1.82, 2.24) is 30.2 Å². The highest BCUT2D eigenvalue weighted by atomic mass is 16.6. The molecule has 4 aromatic rings. The van der Waals surface area contributed by atoms with Gasteiger partial charge in [0.25, 0.3) is 0 Å². The van der Waals surface area contributed by atoms with E-state index in [-0.39, 0.29) is 0 Å². The Morgan fingerprint density at radius 1 is 0.867 bits per heavy atom. The smallest absolute Gasteiger partial charge is 0.245 e. The molecule has 1 N–H and O–H groups in total. The van der Waals surface area contributed by atoms with Gasteiger partial charge in [0.2, 0.25) is 11.3 Å². The third-order valence-electron chi connectivity index (χ3n) is 5.18. The summed E-state index contributed by atoms with van der Waals surface area (Å²) in [4.78, 5) is 18.4. The number of nitrogens with one attached hydrogen (secondary N) is 1. The number of piperazine rings is 1. The number of benzene rings is 1. The van der Waals surface area contributed by atoms with Gasteiger partial charge in [-0.05, 0) is 28.0 Å². The molecule has 30 heavy (non-hydrogen) atoms. The maximum Gasteiger partial charge on any atom is 0.245 e. The number of hydrogen-bond acceptors (Lipinski definition) is 9. The maximum absolute atomic E-state index is 4.82. The summed E-state index contributed by atoms with van der Waals surface area (Å²) >= 11 is 0. The van der Waals surface area contributed by atoms with Crippen LogP contribution in [0.1, 0.15) is 11.3 Å². The van der Waals surface area contributed by atoms with Gasteiger partial charge in [-0.3, -0.25) is 9.88 Å². The first kappa shape index (κ1) is 18.4. The Morgan fingerprint density at radius 3 is 2.40 bits per heavy atom. The Morgan fingerprint density at radius 2 is 1.63 bits per heavy atom. The number of anilines is 2. The quantitative estimate of drug-likeness (QED) is 0.521. The first-order valence-electron chi connectivity index (χ1n) is 10.0. The van der Waals surface area contributed by atoms with Crippen molar-refractivity contribution >= 4 is 22.9 Å². The Balaban J connectivity index is 1.32. The van der Waals surface area contributed by atoms with Crippen LogP contribution in [0.5, 0.6) is 0 Å². The van der Waals surface area contributed by atoms with E-state index in [2.05, 4.69) is 58.6 Å². The lowest BCUT2D eigenvalue weighted by molar-refractivity contribution is 0.246. The molecule has 1 aromatic carbocycles. The average molecular weight is 402 g/mol. The van der Waals surface area contributed by atoms with Crippen molar-refractivity contribution in [2.75, 3.05) is 36.4 Å². The van der Waals surface area contributed by atoms with Crippen molar-refractivity contribution in [2.45, 2.75) is 13.1 Å². The molecule has 0 radical (unpaired) electrons. The van der Waals surface area contributed by atoms with Crippen LogP contribution < -0.4 is 10.2 Å². The van der Waals surface area contributed by atoms with Crippen molar-refractivity contribution in [3.63, 3.8) is 0 Å². The fourth-order valence-electron chi connectivity index (χ4n) is 3.59. The normalized spacial score (nSPS) is 14.9. The number of nitrogens with zero attached hydrogens (tertiary/aromatic N) is 7. The van der Waals surface area contributed by atoms with Gasteiger partial charge in [-0.2, -0.15) is 0 Å². The topological polar surface area (TPSA) is 96.1 Å². The van der Waals surface area contributed by atoms with Crippen molar-refractivity contribution in [3.8, 4) is 0 Å². The van der Waals surface area contributed by atoms with Crippen LogP contribution in [-0.2, 0) is 13.1 Å². The predicted octanol–water partition coefficient (Wildman–Crippen LogP) is 2.34. The number of fused-ring (bicyclic) bond motifs is 1. The van der Waals surface area contributed by atoms with Gasteiger partial charge in [-0.25, -0.2) is 14.6 Å². The Labute approximate surface area is 173 Å². The van der Waals surface area contributed by atoms with Crippen LogP contribution in [0.15, 0.2) is 59.4 Å². The lowest BCUT2D eigenvalue weighted by atomic mass is 10.2. The van der Waals surface area contributed by atoms with Gasteiger partial charge in [0, 0.05) is 45.5 Å². The summed E-state index contributed by atoms with van der Waals surface area (Å²) in [5.41, 5.74) is 3.09. The molecule has 1 fully saturated rings. The second-order valence-corrected chi connectivity index (χ2v) is 7.23. The molecular weight excluding hydrogens is 380 g/mol. The zero-order valence-electron chi connectivity index (χ0n) is 16.5. The van der Waals surface area contributed by atoms with Crippen LogP contribution >= 0.6 is 0 Å². The van der Waals surface area contributed by atoms with Gasteiger partial charge in [-0.15, -0.1) is 0 Å². The zero-order chi connectivity index (χ0) is 20.2. The van der Waals surface area contributed by atoms with E-state index < -0.39 is 0 Å². The third kappa shape index (κ3) is 4.06. The van der Waals surface area contributed by atoms with E-state index in [0.29, 0.717) is 23.7 Å². The summed E-state index contributed by atoms with van der Waals surface area (Å²) in [6, 6.07) is 16.2. The molecule has 1 aliphatic heterocycles. The first-order valence-corrected chi connectivity index (χ1v) is 10.0. The zero-order valence-corrected chi connectivity index (χ0v) is 16.5. The molecular formula is C21H22N8O. The maximum atomic E-state index is 4.82. The second-order valence-electron chi connectivity index (χ2n) is 7.23. The van der Waals surface area contributed by atoms with E-state index in [4.69, 9.17) is 4.63 Å². The van der Waals surface area contributed by atoms with Crippen molar-refractivity contribution in [1.29, 1.82) is 0 Å². The van der Waals surface area contributed by atoms with E-state index in [1.807, 2.05) is 36.5 Å². The van der Waals surface area contributed by atoms with E-state index in [9.17, 15) is 0 Å². The molecule has 152 valence electrons. The Kier molecular flexibility index (Phi) is 5.17. The fraction of sp³-hybridized carbons (Fsp3) is 0.286. The largest absolute Gasteiger partial charge is 0.363 e. The molecule has 4 heterocycles. The van der Waals surface area contributed by atoms with Crippen molar-refractivity contribution in [3.05, 3.63) is 66.0 Å². The highest BCUT2D eigenvalue weighted by Crippen LogP contribution is 2.25. The lowest BCUT2D eigenvalue weighted by Crippen LogP contribution is -2.46. The first-order chi connectivity index (χ1) is 14.8. The minimum absolute atomic E-state index is 0.406. The van der Waals surface area contributed by atoms with E-state index >= 15 is 0 Å². The summed E-state index contributed by atoms with van der Waals surface area (Å²) in [6.07, 6.45) is 1.84. The van der Waals surface area contributed by atoms with Crippen LogP contribution in [-0.4, -0.2) is 56.3 Å². The van der Waals surface area contributed by atoms with Crippen LogP contribution in [0.4, 0.5) is 11.6 Å². The highest BCUT2D eigenvalue weighted by molar-refractivity contribution is 5.74. The SMILES string of the molecule is c1ccc(CNc2nc3nonc3nc2N2CCN(Cc3ccccn3)CC2)cc1.